The van der Waals surface area contributed by atoms with E-state index in [0.717, 1.165) is 25.7 Å². The molecular formula is C24H32O4. The summed E-state index contributed by atoms with van der Waals surface area (Å²) in [6.45, 7) is 6.05. The summed E-state index contributed by atoms with van der Waals surface area (Å²) in [6, 6.07) is 6.23. The molecule has 3 aliphatic rings. The summed E-state index contributed by atoms with van der Waals surface area (Å²) in [6.07, 6.45) is 7.61. The van der Waals surface area contributed by atoms with E-state index < -0.39 is 0 Å². The molecule has 28 heavy (non-hydrogen) atoms. The predicted octanol–water partition coefficient (Wildman–Crippen LogP) is 5.18. The average Bonchev–Trinajstić information content (AvgIpc) is 3.03. The van der Waals surface area contributed by atoms with Crippen molar-refractivity contribution < 1.29 is 19.1 Å². The first-order chi connectivity index (χ1) is 13.5. The van der Waals surface area contributed by atoms with Crippen molar-refractivity contribution >= 4 is 11.9 Å². The number of fused-ring (bicyclic) bond motifs is 5. The fourth-order valence-electron chi connectivity index (χ4n) is 6.21. The van der Waals surface area contributed by atoms with Gasteiger partial charge in [-0.2, -0.15) is 0 Å². The molecule has 1 aromatic carbocycles. The summed E-state index contributed by atoms with van der Waals surface area (Å²) in [7, 11) is 0. The lowest BCUT2D eigenvalue weighted by atomic mass is 9.55. The van der Waals surface area contributed by atoms with E-state index in [2.05, 4.69) is 19.1 Å². The zero-order valence-electron chi connectivity index (χ0n) is 17.3. The normalized spacial score (nSPS) is 33.4. The fraction of sp³-hybridized carbons (Fsp3) is 0.667. The van der Waals surface area contributed by atoms with Gasteiger partial charge in [-0.15, -0.1) is 0 Å². The van der Waals surface area contributed by atoms with Crippen LogP contribution in [0, 0.1) is 17.3 Å². The van der Waals surface area contributed by atoms with Gasteiger partial charge in [0.05, 0.1) is 0 Å². The first-order valence-electron chi connectivity index (χ1n) is 11.0. The molecule has 5 atom stereocenters. The van der Waals surface area contributed by atoms with Crippen LogP contribution in [-0.4, -0.2) is 18.0 Å². The Balaban J connectivity index is 1.54. The lowest BCUT2D eigenvalue weighted by Gasteiger charge is -2.50. The maximum Gasteiger partial charge on any atom is 0.310 e. The highest BCUT2D eigenvalue weighted by Crippen LogP contribution is 2.61. The number of carbonyl (C=O) groups excluding carboxylic acids is 2. The molecule has 1 aromatic rings. The SMILES string of the molecule is CCC(=O)Oc1ccc2c(c1)CC[C@@H]1[C@@H]2CC[C@@]2(C)[C@@H](OC(=O)CC)CC[C@@H]12. The number of hydrogen-bond acceptors (Lipinski definition) is 4. The van der Waals surface area contributed by atoms with Crippen LogP contribution in [-0.2, 0) is 20.7 Å². The van der Waals surface area contributed by atoms with E-state index in [4.69, 9.17) is 9.47 Å². The lowest BCUT2D eigenvalue weighted by Crippen LogP contribution is -2.45. The Bertz CT molecular complexity index is 770. The number of rotatable bonds is 4. The molecule has 0 aliphatic heterocycles. The molecule has 0 heterocycles. The first-order valence-corrected chi connectivity index (χ1v) is 11.0. The van der Waals surface area contributed by atoms with E-state index >= 15 is 0 Å². The molecule has 0 amide bonds. The summed E-state index contributed by atoms with van der Waals surface area (Å²) in [4.78, 5) is 23.5. The van der Waals surface area contributed by atoms with Crippen molar-refractivity contribution in [2.45, 2.75) is 84.2 Å². The highest BCUT2D eigenvalue weighted by molar-refractivity contribution is 5.72. The predicted molar refractivity (Wildman–Crippen MR) is 107 cm³/mol. The van der Waals surface area contributed by atoms with Crippen molar-refractivity contribution in [1.29, 1.82) is 0 Å². The summed E-state index contributed by atoms with van der Waals surface area (Å²) in [5.41, 5.74) is 2.92. The summed E-state index contributed by atoms with van der Waals surface area (Å²) >= 11 is 0. The van der Waals surface area contributed by atoms with Gasteiger partial charge in [0.1, 0.15) is 11.9 Å². The Kier molecular flexibility index (Phi) is 5.24. The Morgan fingerprint density at radius 2 is 1.86 bits per heavy atom. The maximum atomic E-state index is 11.9. The smallest absolute Gasteiger partial charge is 0.310 e. The van der Waals surface area contributed by atoms with Crippen molar-refractivity contribution in [3.8, 4) is 5.75 Å². The van der Waals surface area contributed by atoms with Gasteiger partial charge in [-0.25, -0.2) is 0 Å². The quantitative estimate of drug-likeness (QED) is 0.530. The molecule has 0 bridgehead atoms. The standard InChI is InChI=1S/C24H32O4/c1-4-22(25)27-16-7-9-17-15(14-16)6-8-19-18(17)12-13-24(3)20(19)10-11-21(24)28-23(26)5-2/h7,9,14,18-21H,4-6,8,10-13H2,1-3H3/t18-,19-,20+,21+,24-/m1/s1. The summed E-state index contributed by atoms with van der Waals surface area (Å²) in [5, 5.41) is 0. The number of aryl methyl sites for hydroxylation is 1. The largest absolute Gasteiger partial charge is 0.462 e. The van der Waals surface area contributed by atoms with Crippen LogP contribution in [0.4, 0.5) is 0 Å². The van der Waals surface area contributed by atoms with E-state index in [1.54, 1.807) is 0 Å². The number of benzene rings is 1. The molecule has 2 fully saturated rings. The van der Waals surface area contributed by atoms with Gasteiger partial charge in [0.2, 0.25) is 0 Å². The Labute approximate surface area is 168 Å². The molecule has 3 aliphatic carbocycles. The molecule has 4 rings (SSSR count). The number of carbonyl (C=O) groups is 2. The van der Waals surface area contributed by atoms with Crippen LogP contribution < -0.4 is 4.74 Å². The van der Waals surface area contributed by atoms with Gasteiger partial charge in [0.25, 0.3) is 0 Å². The van der Waals surface area contributed by atoms with Crippen LogP contribution in [0.25, 0.3) is 0 Å². The summed E-state index contributed by atoms with van der Waals surface area (Å²) in [5.74, 6) is 2.32. The van der Waals surface area contributed by atoms with Crippen molar-refractivity contribution in [2.24, 2.45) is 17.3 Å². The monoisotopic (exact) mass is 384 g/mol. The van der Waals surface area contributed by atoms with Crippen LogP contribution in [0.1, 0.15) is 82.8 Å². The van der Waals surface area contributed by atoms with Crippen LogP contribution in [0.5, 0.6) is 5.75 Å². The van der Waals surface area contributed by atoms with Gasteiger partial charge in [-0.1, -0.05) is 26.8 Å². The van der Waals surface area contributed by atoms with Crippen LogP contribution in [0.2, 0.25) is 0 Å². The minimum atomic E-state index is -0.180. The topological polar surface area (TPSA) is 52.6 Å². The molecule has 4 heteroatoms. The molecule has 152 valence electrons. The van der Waals surface area contributed by atoms with Crippen LogP contribution in [0.15, 0.2) is 18.2 Å². The van der Waals surface area contributed by atoms with Crippen molar-refractivity contribution in [3.05, 3.63) is 29.3 Å². The van der Waals surface area contributed by atoms with Gasteiger partial charge in [-0.3, -0.25) is 9.59 Å². The maximum absolute atomic E-state index is 11.9. The van der Waals surface area contributed by atoms with Crippen molar-refractivity contribution in [2.75, 3.05) is 0 Å². The van der Waals surface area contributed by atoms with Gasteiger partial charge in [0.15, 0.2) is 0 Å². The molecule has 0 aromatic heterocycles. The Hall–Kier alpha value is -1.84. The van der Waals surface area contributed by atoms with E-state index in [-0.39, 0.29) is 23.5 Å². The minimum absolute atomic E-state index is 0.0582. The number of esters is 2. The second-order valence-electron chi connectivity index (χ2n) is 9.06. The van der Waals surface area contributed by atoms with Crippen LogP contribution in [0.3, 0.4) is 0 Å². The highest BCUT2D eigenvalue weighted by Gasteiger charge is 2.56. The van der Waals surface area contributed by atoms with Crippen molar-refractivity contribution in [1.82, 2.24) is 0 Å². The third kappa shape index (κ3) is 3.25. The Morgan fingerprint density at radius 1 is 1.07 bits per heavy atom. The Morgan fingerprint density at radius 3 is 2.61 bits per heavy atom. The number of ether oxygens (including phenoxy) is 2. The number of hydrogen-bond donors (Lipinski definition) is 0. The van der Waals surface area contributed by atoms with Gasteiger partial charge >= 0.3 is 11.9 Å². The second kappa shape index (κ2) is 7.53. The minimum Gasteiger partial charge on any atom is -0.462 e. The van der Waals surface area contributed by atoms with E-state index in [0.29, 0.717) is 36.3 Å². The molecule has 0 spiro atoms. The highest BCUT2D eigenvalue weighted by atomic mass is 16.5. The zero-order chi connectivity index (χ0) is 19.9. The van der Waals surface area contributed by atoms with Gasteiger partial charge in [0, 0.05) is 18.3 Å². The summed E-state index contributed by atoms with van der Waals surface area (Å²) < 4.78 is 11.3. The third-order valence-corrected chi connectivity index (χ3v) is 7.69. The molecule has 0 unspecified atom stereocenters. The van der Waals surface area contributed by atoms with E-state index in [1.165, 1.54) is 24.0 Å². The van der Waals surface area contributed by atoms with E-state index in [9.17, 15) is 9.59 Å². The molecular weight excluding hydrogens is 352 g/mol. The lowest BCUT2D eigenvalue weighted by molar-refractivity contribution is -0.157. The molecule has 0 N–H and O–H groups in total. The third-order valence-electron chi connectivity index (χ3n) is 7.69. The molecule has 0 radical (unpaired) electrons. The van der Waals surface area contributed by atoms with E-state index in [1.807, 2.05) is 19.9 Å². The van der Waals surface area contributed by atoms with Gasteiger partial charge in [-0.05, 0) is 79.5 Å². The fourth-order valence-corrected chi connectivity index (χ4v) is 6.21. The molecule has 2 saturated carbocycles. The second-order valence-corrected chi connectivity index (χ2v) is 9.06. The molecule has 4 nitrogen and oxygen atoms in total. The van der Waals surface area contributed by atoms with Crippen LogP contribution >= 0.6 is 0 Å². The zero-order valence-corrected chi connectivity index (χ0v) is 17.3. The van der Waals surface area contributed by atoms with Crippen molar-refractivity contribution in [3.63, 3.8) is 0 Å². The van der Waals surface area contributed by atoms with Gasteiger partial charge < -0.3 is 9.47 Å². The average molecular weight is 385 g/mol. The first kappa shape index (κ1) is 19.5. The molecule has 0 saturated heterocycles.